The molecule has 1 spiro atoms. The lowest BCUT2D eigenvalue weighted by Gasteiger charge is -2.45. The van der Waals surface area contributed by atoms with Crippen molar-refractivity contribution in [1.82, 2.24) is 10.2 Å². The van der Waals surface area contributed by atoms with Crippen LogP contribution in [0.25, 0.3) is 0 Å². The van der Waals surface area contributed by atoms with Gasteiger partial charge in [-0.1, -0.05) is 12.8 Å². The number of hydrogen-bond acceptors (Lipinski definition) is 3. The topological polar surface area (TPSA) is 35.5 Å². The Hall–Kier alpha value is -0.120. The molecule has 0 aromatic carbocycles. The Labute approximate surface area is 112 Å². The fourth-order valence-corrected chi connectivity index (χ4v) is 3.82. The van der Waals surface area contributed by atoms with E-state index in [0.29, 0.717) is 12.0 Å². The molecule has 0 amide bonds. The molecule has 106 valence electrons. The zero-order valence-electron chi connectivity index (χ0n) is 12.2. The summed E-state index contributed by atoms with van der Waals surface area (Å²) in [6.45, 7) is 2.34. The van der Waals surface area contributed by atoms with Crippen LogP contribution in [0.2, 0.25) is 0 Å². The highest BCUT2D eigenvalue weighted by molar-refractivity contribution is 4.99. The minimum Gasteiger partial charge on any atom is -0.394 e. The largest absolute Gasteiger partial charge is 0.394 e. The van der Waals surface area contributed by atoms with Gasteiger partial charge < -0.3 is 15.3 Å². The number of rotatable bonds is 5. The molecule has 0 aromatic heterocycles. The Kier molecular flexibility index (Phi) is 4.68. The Balaban J connectivity index is 1.83. The first kappa shape index (κ1) is 14.3. The summed E-state index contributed by atoms with van der Waals surface area (Å²) in [6, 6.07) is 0. The molecule has 0 heterocycles. The van der Waals surface area contributed by atoms with Gasteiger partial charge in [-0.05, 0) is 58.0 Å². The minimum atomic E-state index is 0.0177. The quantitative estimate of drug-likeness (QED) is 0.788. The third kappa shape index (κ3) is 3.25. The highest BCUT2D eigenvalue weighted by Crippen LogP contribution is 2.51. The van der Waals surface area contributed by atoms with Crippen LogP contribution in [-0.2, 0) is 0 Å². The molecule has 0 aromatic rings. The second kappa shape index (κ2) is 5.89. The fraction of sp³-hybridized carbons (Fsp3) is 1.00. The zero-order valence-corrected chi connectivity index (χ0v) is 12.2. The lowest BCUT2D eigenvalue weighted by atomic mass is 9.66. The smallest absolute Gasteiger partial charge is 0.0613 e. The van der Waals surface area contributed by atoms with E-state index in [1.807, 2.05) is 0 Å². The second-order valence-corrected chi connectivity index (χ2v) is 6.88. The molecular formula is C15H30N2O. The summed E-state index contributed by atoms with van der Waals surface area (Å²) >= 11 is 0. The van der Waals surface area contributed by atoms with Gasteiger partial charge in [0.2, 0.25) is 0 Å². The highest BCUT2D eigenvalue weighted by Gasteiger charge is 2.43. The molecule has 2 rings (SSSR count). The predicted octanol–water partition coefficient (Wildman–Crippen LogP) is 2.00. The van der Waals surface area contributed by atoms with E-state index in [9.17, 15) is 5.11 Å². The van der Waals surface area contributed by atoms with Gasteiger partial charge in [0.25, 0.3) is 0 Å². The van der Waals surface area contributed by atoms with Crippen molar-refractivity contribution >= 4 is 0 Å². The van der Waals surface area contributed by atoms with Crippen molar-refractivity contribution < 1.29 is 5.11 Å². The molecule has 0 aliphatic heterocycles. The van der Waals surface area contributed by atoms with E-state index in [0.717, 1.165) is 25.9 Å². The Morgan fingerprint density at radius 2 is 1.61 bits per heavy atom. The van der Waals surface area contributed by atoms with E-state index in [-0.39, 0.29) is 5.54 Å². The molecule has 0 bridgehead atoms. The van der Waals surface area contributed by atoms with Crippen LogP contribution in [-0.4, -0.2) is 49.3 Å². The van der Waals surface area contributed by atoms with E-state index in [1.54, 1.807) is 0 Å². The summed E-state index contributed by atoms with van der Waals surface area (Å²) < 4.78 is 0. The third-order valence-corrected chi connectivity index (χ3v) is 5.29. The van der Waals surface area contributed by atoms with Crippen LogP contribution in [0.4, 0.5) is 0 Å². The standard InChI is InChI=1S/C15H30N2O/c1-17(2)12-11-16-15(13-18)9-7-14(8-10-15)5-3-4-6-14/h16,18H,3-13H2,1-2H3. The van der Waals surface area contributed by atoms with Gasteiger partial charge in [-0.2, -0.15) is 0 Å². The van der Waals surface area contributed by atoms with Crippen LogP contribution in [0.15, 0.2) is 0 Å². The van der Waals surface area contributed by atoms with Crippen molar-refractivity contribution in [3.05, 3.63) is 0 Å². The number of aliphatic hydroxyl groups excluding tert-OH is 1. The van der Waals surface area contributed by atoms with Gasteiger partial charge in [-0.15, -0.1) is 0 Å². The van der Waals surface area contributed by atoms with Crippen LogP contribution >= 0.6 is 0 Å². The van der Waals surface area contributed by atoms with E-state index >= 15 is 0 Å². The summed E-state index contributed by atoms with van der Waals surface area (Å²) in [5.41, 5.74) is 0.672. The molecule has 3 heteroatoms. The molecule has 0 radical (unpaired) electrons. The first-order valence-corrected chi connectivity index (χ1v) is 7.61. The van der Waals surface area contributed by atoms with Gasteiger partial charge in [0, 0.05) is 18.6 Å². The molecule has 2 aliphatic carbocycles. The number of nitrogens with one attached hydrogen (secondary N) is 1. The maximum absolute atomic E-state index is 9.76. The van der Waals surface area contributed by atoms with Crippen molar-refractivity contribution in [3.8, 4) is 0 Å². The lowest BCUT2D eigenvalue weighted by Crippen LogP contribution is -2.53. The molecule has 0 atom stereocenters. The molecular weight excluding hydrogens is 224 g/mol. The van der Waals surface area contributed by atoms with E-state index in [2.05, 4.69) is 24.3 Å². The minimum absolute atomic E-state index is 0.0177. The van der Waals surface area contributed by atoms with Crippen molar-refractivity contribution in [2.75, 3.05) is 33.8 Å². The van der Waals surface area contributed by atoms with Crippen LogP contribution in [0.3, 0.4) is 0 Å². The van der Waals surface area contributed by atoms with E-state index in [4.69, 9.17) is 0 Å². The lowest BCUT2D eigenvalue weighted by molar-refractivity contribution is 0.0618. The molecule has 2 saturated carbocycles. The number of likely N-dealkylation sites (N-methyl/N-ethyl adjacent to an activating group) is 1. The summed E-state index contributed by atoms with van der Waals surface area (Å²) in [7, 11) is 4.20. The highest BCUT2D eigenvalue weighted by atomic mass is 16.3. The fourth-order valence-electron chi connectivity index (χ4n) is 3.82. The van der Waals surface area contributed by atoms with Crippen LogP contribution in [0, 0.1) is 5.41 Å². The first-order chi connectivity index (χ1) is 8.60. The average molecular weight is 254 g/mol. The Morgan fingerprint density at radius 1 is 1.00 bits per heavy atom. The summed E-state index contributed by atoms with van der Waals surface area (Å²) in [4.78, 5) is 2.19. The number of nitrogens with zero attached hydrogens (tertiary/aromatic N) is 1. The van der Waals surface area contributed by atoms with Crippen LogP contribution in [0.1, 0.15) is 51.4 Å². The average Bonchev–Trinajstić information content (AvgIpc) is 2.81. The van der Waals surface area contributed by atoms with Gasteiger partial charge in [0.1, 0.15) is 0 Å². The maximum atomic E-state index is 9.76. The molecule has 3 nitrogen and oxygen atoms in total. The van der Waals surface area contributed by atoms with Crippen LogP contribution < -0.4 is 5.32 Å². The second-order valence-electron chi connectivity index (χ2n) is 6.88. The van der Waals surface area contributed by atoms with Gasteiger partial charge in [-0.3, -0.25) is 0 Å². The van der Waals surface area contributed by atoms with Crippen LogP contribution in [0.5, 0.6) is 0 Å². The van der Waals surface area contributed by atoms with Crippen molar-refractivity contribution in [3.63, 3.8) is 0 Å². The number of hydrogen-bond donors (Lipinski definition) is 2. The SMILES string of the molecule is CN(C)CCNC1(CO)CCC2(CCCC2)CC1. The normalized spacial score (nSPS) is 26.0. The summed E-state index contributed by atoms with van der Waals surface area (Å²) in [5.74, 6) is 0. The predicted molar refractivity (Wildman–Crippen MR) is 75.7 cm³/mol. The summed E-state index contributed by atoms with van der Waals surface area (Å²) in [5, 5.41) is 13.4. The zero-order chi connectivity index (χ0) is 13.1. The van der Waals surface area contributed by atoms with Crippen molar-refractivity contribution in [2.45, 2.75) is 56.9 Å². The third-order valence-electron chi connectivity index (χ3n) is 5.29. The monoisotopic (exact) mass is 254 g/mol. The summed E-state index contributed by atoms with van der Waals surface area (Å²) in [6.07, 6.45) is 10.7. The molecule has 0 unspecified atom stereocenters. The Morgan fingerprint density at radius 3 is 2.11 bits per heavy atom. The van der Waals surface area contributed by atoms with Gasteiger partial charge >= 0.3 is 0 Å². The molecule has 2 aliphatic rings. The van der Waals surface area contributed by atoms with Crippen molar-refractivity contribution in [2.24, 2.45) is 5.41 Å². The van der Waals surface area contributed by atoms with Gasteiger partial charge in [-0.25, -0.2) is 0 Å². The Bertz CT molecular complexity index is 249. The van der Waals surface area contributed by atoms with Gasteiger partial charge in [0.15, 0.2) is 0 Å². The first-order valence-electron chi connectivity index (χ1n) is 7.61. The number of aliphatic hydroxyl groups is 1. The molecule has 0 saturated heterocycles. The van der Waals surface area contributed by atoms with E-state index in [1.165, 1.54) is 38.5 Å². The molecule has 18 heavy (non-hydrogen) atoms. The van der Waals surface area contributed by atoms with E-state index < -0.39 is 0 Å². The molecule has 2 N–H and O–H groups in total. The van der Waals surface area contributed by atoms with Gasteiger partial charge in [0.05, 0.1) is 6.61 Å². The molecule has 2 fully saturated rings. The maximum Gasteiger partial charge on any atom is 0.0613 e. The van der Waals surface area contributed by atoms with Crippen molar-refractivity contribution in [1.29, 1.82) is 0 Å².